The molecule has 0 heterocycles. The fourth-order valence-electron chi connectivity index (χ4n) is 2.48. The third kappa shape index (κ3) is 3.72. The van der Waals surface area contributed by atoms with Crippen molar-refractivity contribution in [3.05, 3.63) is 0 Å². The molecule has 1 aliphatic carbocycles. The number of hydrogen-bond acceptors (Lipinski definition) is 2. The maximum absolute atomic E-state index is 11.9. The molecule has 0 aromatic carbocycles. The average molecular weight is 255 g/mol. The van der Waals surface area contributed by atoms with Crippen molar-refractivity contribution in [1.82, 2.24) is 5.32 Å². The molecule has 0 aliphatic heterocycles. The van der Waals surface area contributed by atoms with Crippen LogP contribution in [0.1, 0.15) is 59.8 Å². The van der Waals surface area contributed by atoms with Gasteiger partial charge in [-0.1, -0.05) is 26.7 Å². The Kier molecular flexibility index (Phi) is 4.41. The highest BCUT2D eigenvalue weighted by Gasteiger charge is 2.35. The van der Waals surface area contributed by atoms with Gasteiger partial charge >= 0.3 is 5.97 Å². The van der Waals surface area contributed by atoms with E-state index in [2.05, 4.69) is 19.2 Å². The molecule has 18 heavy (non-hydrogen) atoms. The van der Waals surface area contributed by atoms with Crippen LogP contribution in [-0.4, -0.2) is 23.0 Å². The highest BCUT2D eigenvalue weighted by Crippen LogP contribution is 2.35. The van der Waals surface area contributed by atoms with Crippen LogP contribution in [0.25, 0.3) is 0 Å². The molecule has 2 N–H and O–H groups in total. The number of amides is 1. The maximum atomic E-state index is 11.9. The molecule has 1 saturated carbocycles. The lowest BCUT2D eigenvalue weighted by molar-refractivity contribution is -0.149. The molecule has 0 bridgehead atoms. The van der Waals surface area contributed by atoms with Crippen LogP contribution >= 0.6 is 0 Å². The van der Waals surface area contributed by atoms with E-state index < -0.39 is 11.4 Å². The highest BCUT2D eigenvalue weighted by atomic mass is 16.4. The molecular weight excluding hydrogens is 230 g/mol. The van der Waals surface area contributed by atoms with Crippen molar-refractivity contribution in [2.45, 2.75) is 65.8 Å². The summed E-state index contributed by atoms with van der Waals surface area (Å²) in [5.74, 6) is -1.08. The summed E-state index contributed by atoms with van der Waals surface area (Å²) in [6.07, 6.45) is 4.48. The SMILES string of the molecule is CC(C)(CC(=O)NC1CCCCC1(C)C)C(=O)O. The molecule has 1 unspecified atom stereocenters. The van der Waals surface area contributed by atoms with E-state index in [9.17, 15) is 9.59 Å². The second kappa shape index (κ2) is 5.29. The van der Waals surface area contributed by atoms with E-state index in [1.54, 1.807) is 13.8 Å². The smallest absolute Gasteiger partial charge is 0.309 e. The van der Waals surface area contributed by atoms with Crippen LogP contribution in [0.3, 0.4) is 0 Å². The van der Waals surface area contributed by atoms with Crippen molar-refractivity contribution >= 4 is 11.9 Å². The third-order valence-corrected chi connectivity index (χ3v) is 4.02. The van der Waals surface area contributed by atoms with Crippen molar-refractivity contribution in [3.63, 3.8) is 0 Å². The number of nitrogens with one attached hydrogen (secondary N) is 1. The second-order valence-corrected chi connectivity index (χ2v) is 6.72. The molecule has 4 heteroatoms. The fraction of sp³-hybridized carbons (Fsp3) is 0.857. The number of carboxylic acids is 1. The Bertz CT molecular complexity index is 334. The zero-order valence-electron chi connectivity index (χ0n) is 11.9. The van der Waals surface area contributed by atoms with Gasteiger partial charge in [0.1, 0.15) is 0 Å². The van der Waals surface area contributed by atoms with Crippen LogP contribution < -0.4 is 5.32 Å². The Labute approximate surface area is 109 Å². The molecule has 4 nitrogen and oxygen atoms in total. The molecule has 0 saturated heterocycles. The Morgan fingerprint density at radius 3 is 2.44 bits per heavy atom. The van der Waals surface area contributed by atoms with Gasteiger partial charge in [0, 0.05) is 12.5 Å². The maximum Gasteiger partial charge on any atom is 0.309 e. The van der Waals surface area contributed by atoms with Gasteiger partial charge in [-0.05, 0) is 32.1 Å². The van der Waals surface area contributed by atoms with Gasteiger partial charge in [0.2, 0.25) is 5.91 Å². The molecule has 1 atom stereocenters. The lowest BCUT2D eigenvalue weighted by Crippen LogP contribution is -2.48. The lowest BCUT2D eigenvalue weighted by Gasteiger charge is -2.39. The van der Waals surface area contributed by atoms with Crippen LogP contribution in [0.15, 0.2) is 0 Å². The highest BCUT2D eigenvalue weighted by molar-refractivity contribution is 5.84. The number of carbonyl (C=O) groups is 2. The standard InChI is InChI=1S/C14H25NO3/c1-13(2)8-6-5-7-10(13)15-11(16)9-14(3,4)12(17)18/h10H,5-9H2,1-4H3,(H,15,16)(H,17,18). The Hall–Kier alpha value is -1.06. The van der Waals surface area contributed by atoms with Gasteiger partial charge in [0.05, 0.1) is 5.41 Å². The van der Waals surface area contributed by atoms with Crippen LogP contribution in [0.4, 0.5) is 0 Å². The minimum Gasteiger partial charge on any atom is -0.481 e. The molecule has 1 fully saturated rings. The summed E-state index contributed by atoms with van der Waals surface area (Å²) >= 11 is 0. The summed E-state index contributed by atoms with van der Waals surface area (Å²) in [4.78, 5) is 22.9. The van der Waals surface area contributed by atoms with E-state index in [4.69, 9.17) is 5.11 Å². The first-order valence-corrected chi connectivity index (χ1v) is 6.68. The fourth-order valence-corrected chi connectivity index (χ4v) is 2.48. The summed E-state index contributed by atoms with van der Waals surface area (Å²) in [6, 6.07) is 0.170. The van der Waals surface area contributed by atoms with Gasteiger partial charge in [-0.2, -0.15) is 0 Å². The van der Waals surface area contributed by atoms with Gasteiger partial charge < -0.3 is 10.4 Å². The van der Waals surface area contributed by atoms with E-state index in [0.717, 1.165) is 19.3 Å². The summed E-state index contributed by atoms with van der Waals surface area (Å²) in [5.41, 5.74) is -0.885. The quantitative estimate of drug-likeness (QED) is 0.811. The minimum atomic E-state index is -0.997. The first kappa shape index (κ1) is 15.0. The van der Waals surface area contributed by atoms with Gasteiger partial charge in [-0.25, -0.2) is 0 Å². The van der Waals surface area contributed by atoms with Crippen molar-refractivity contribution in [3.8, 4) is 0 Å². The van der Waals surface area contributed by atoms with Crippen molar-refractivity contribution < 1.29 is 14.7 Å². The third-order valence-electron chi connectivity index (χ3n) is 4.02. The molecule has 0 aromatic heterocycles. The molecule has 1 aliphatic rings. The summed E-state index contributed by atoms with van der Waals surface area (Å²) in [6.45, 7) is 7.50. The molecule has 1 rings (SSSR count). The van der Waals surface area contributed by atoms with Gasteiger partial charge in [0.25, 0.3) is 0 Å². The van der Waals surface area contributed by atoms with Crippen LogP contribution in [-0.2, 0) is 9.59 Å². The Balaban J connectivity index is 2.57. The lowest BCUT2D eigenvalue weighted by atomic mass is 9.73. The van der Waals surface area contributed by atoms with E-state index in [0.29, 0.717) is 0 Å². The molecule has 104 valence electrons. The Morgan fingerprint density at radius 1 is 1.33 bits per heavy atom. The summed E-state index contributed by atoms with van der Waals surface area (Å²) < 4.78 is 0. The predicted octanol–water partition coefficient (Wildman–Crippen LogP) is 2.57. The molecule has 0 radical (unpaired) electrons. The van der Waals surface area contributed by atoms with Crippen molar-refractivity contribution in [2.24, 2.45) is 10.8 Å². The number of carbonyl (C=O) groups excluding carboxylic acids is 1. The molecule has 1 amide bonds. The van der Waals surface area contributed by atoms with Crippen molar-refractivity contribution in [2.75, 3.05) is 0 Å². The molecule has 0 spiro atoms. The van der Waals surface area contributed by atoms with E-state index in [1.807, 2.05) is 0 Å². The minimum absolute atomic E-state index is 0.0366. The molecule has 0 aromatic rings. The number of hydrogen-bond donors (Lipinski definition) is 2. The van der Waals surface area contributed by atoms with Crippen molar-refractivity contribution in [1.29, 1.82) is 0 Å². The van der Waals surface area contributed by atoms with Crippen LogP contribution in [0.5, 0.6) is 0 Å². The van der Waals surface area contributed by atoms with Crippen LogP contribution in [0, 0.1) is 10.8 Å². The summed E-state index contributed by atoms with van der Waals surface area (Å²) in [7, 11) is 0. The van der Waals surface area contributed by atoms with E-state index in [-0.39, 0.29) is 23.8 Å². The zero-order valence-corrected chi connectivity index (χ0v) is 11.9. The average Bonchev–Trinajstić information content (AvgIpc) is 2.20. The van der Waals surface area contributed by atoms with Crippen LogP contribution in [0.2, 0.25) is 0 Å². The van der Waals surface area contributed by atoms with E-state index >= 15 is 0 Å². The number of rotatable bonds is 4. The second-order valence-electron chi connectivity index (χ2n) is 6.72. The number of carboxylic acid groups (broad SMARTS) is 1. The summed E-state index contributed by atoms with van der Waals surface area (Å²) in [5, 5.41) is 12.0. The monoisotopic (exact) mass is 255 g/mol. The van der Waals surface area contributed by atoms with Gasteiger partial charge in [-0.3, -0.25) is 9.59 Å². The Morgan fingerprint density at radius 2 is 1.94 bits per heavy atom. The zero-order chi connectivity index (χ0) is 14.0. The largest absolute Gasteiger partial charge is 0.481 e. The molecular formula is C14H25NO3. The van der Waals surface area contributed by atoms with Gasteiger partial charge in [-0.15, -0.1) is 0 Å². The van der Waals surface area contributed by atoms with E-state index in [1.165, 1.54) is 6.42 Å². The first-order valence-electron chi connectivity index (χ1n) is 6.68. The number of aliphatic carboxylic acids is 1. The van der Waals surface area contributed by atoms with Gasteiger partial charge in [0.15, 0.2) is 0 Å². The predicted molar refractivity (Wildman–Crippen MR) is 70.2 cm³/mol. The topological polar surface area (TPSA) is 66.4 Å². The normalized spacial score (nSPS) is 23.4. The first-order chi connectivity index (χ1) is 8.15.